The van der Waals surface area contributed by atoms with E-state index in [-0.39, 0.29) is 23.8 Å². The Kier molecular flexibility index (Phi) is 5.99. The number of carbonyl (C=O) groups is 1. The summed E-state index contributed by atoms with van der Waals surface area (Å²) < 4.78 is 0. The quantitative estimate of drug-likeness (QED) is 0.851. The van der Waals surface area contributed by atoms with E-state index in [9.17, 15) is 9.90 Å². The van der Waals surface area contributed by atoms with Crippen LogP contribution in [0.5, 0.6) is 0 Å². The molecule has 2 unspecified atom stereocenters. The van der Waals surface area contributed by atoms with E-state index in [2.05, 4.69) is 10.3 Å². The molecule has 1 amide bonds. The molecule has 0 spiro atoms. The van der Waals surface area contributed by atoms with Crippen molar-refractivity contribution in [1.29, 1.82) is 0 Å². The second-order valence-electron chi connectivity index (χ2n) is 5.03. The van der Waals surface area contributed by atoms with Crippen molar-refractivity contribution in [3.8, 4) is 10.6 Å². The van der Waals surface area contributed by atoms with Crippen LogP contribution in [0, 0.1) is 6.92 Å². The van der Waals surface area contributed by atoms with Crippen LogP contribution in [0.25, 0.3) is 10.6 Å². The summed E-state index contributed by atoms with van der Waals surface area (Å²) >= 11 is 3.17. The molecular weight excluding hydrogens is 316 g/mol. The summed E-state index contributed by atoms with van der Waals surface area (Å²) in [6.07, 6.45) is 1.92. The molecule has 2 N–H and O–H groups in total. The summed E-state index contributed by atoms with van der Waals surface area (Å²) in [5.74, 6) is -0.150. The molecule has 2 heterocycles. The van der Waals surface area contributed by atoms with Crippen LogP contribution < -0.4 is 5.32 Å². The van der Waals surface area contributed by atoms with Crippen molar-refractivity contribution in [3.05, 3.63) is 40.9 Å². The molecule has 0 aliphatic rings. The van der Waals surface area contributed by atoms with Crippen molar-refractivity contribution in [2.24, 2.45) is 0 Å². The maximum Gasteiger partial charge on any atom is 0.253 e. The standard InChI is InChI=1S/C16H20N2O2S2/c1-10-12(16(20)18-11(2)15(9-19)21-3)6-7-13(17-10)14-5-4-8-22-14/h4-8,11,15,19H,9H2,1-3H3,(H,18,20). The lowest BCUT2D eigenvalue weighted by Crippen LogP contribution is -2.41. The number of hydrogen-bond acceptors (Lipinski definition) is 5. The fourth-order valence-corrected chi connectivity index (χ4v) is 3.50. The van der Waals surface area contributed by atoms with Gasteiger partial charge in [0.05, 0.1) is 28.4 Å². The molecule has 2 aromatic heterocycles. The first-order chi connectivity index (χ1) is 10.6. The minimum Gasteiger partial charge on any atom is -0.395 e. The van der Waals surface area contributed by atoms with Gasteiger partial charge < -0.3 is 10.4 Å². The van der Waals surface area contributed by atoms with Crippen molar-refractivity contribution in [3.63, 3.8) is 0 Å². The highest BCUT2D eigenvalue weighted by molar-refractivity contribution is 7.99. The topological polar surface area (TPSA) is 62.2 Å². The summed E-state index contributed by atoms with van der Waals surface area (Å²) in [5, 5.41) is 14.2. The Labute approximate surface area is 139 Å². The Balaban J connectivity index is 2.14. The maximum atomic E-state index is 12.4. The predicted octanol–water partition coefficient (Wildman–Crippen LogP) is 2.96. The van der Waals surface area contributed by atoms with E-state index in [0.717, 1.165) is 10.6 Å². The Morgan fingerprint density at radius 2 is 2.23 bits per heavy atom. The van der Waals surface area contributed by atoms with Crippen molar-refractivity contribution in [2.45, 2.75) is 25.1 Å². The molecule has 0 aromatic carbocycles. The number of rotatable bonds is 6. The fourth-order valence-electron chi connectivity index (χ4n) is 2.18. The van der Waals surface area contributed by atoms with E-state index in [0.29, 0.717) is 11.3 Å². The molecular formula is C16H20N2O2S2. The van der Waals surface area contributed by atoms with Crippen LogP contribution in [0.2, 0.25) is 0 Å². The van der Waals surface area contributed by atoms with Gasteiger partial charge in [-0.2, -0.15) is 11.8 Å². The van der Waals surface area contributed by atoms with Crippen molar-refractivity contribution in [1.82, 2.24) is 10.3 Å². The lowest BCUT2D eigenvalue weighted by Gasteiger charge is -2.21. The highest BCUT2D eigenvalue weighted by Gasteiger charge is 2.19. The lowest BCUT2D eigenvalue weighted by molar-refractivity contribution is 0.0935. The number of aliphatic hydroxyl groups excluding tert-OH is 1. The van der Waals surface area contributed by atoms with E-state index < -0.39 is 0 Å². The Morgan fingerprint density at radius 3 is 2.77 bits per heavy atom. The summed E-state index contributed by atoms with van der Waals surface area (Å²) in [5.41, 5.74) is 2.17. The first-order valence-electron chi connectivity index (χ1n) is 7.02. The minimum atomic E-state index is -0.150. The Morgan fingerprint density at radius 1 is 1.45 bits per heavy atom. The number of hydrogen-bond donors (Lipinski definition) is 2. The molecule has 6 heteroatoms. The van der Waals surface area contributed by atoms with E-state index in [1.54, 1.807) is 23.1 Å². The van der Waals surface area contributed by atoms with Gasteiger partial charge in [0, 0.05) is 11.3 Å². The highest BCUT2D eigenvalue weighted by atomic mass is 32.2. The van der Waals surface area contributed by atoms with Crippen LogP contribution in [0.3, 0.4) is 0 Å². The van der Waals surface area contributed by atoms with Crippen molar-refractivity contribution in [2.75, 3.05) is 12.9 Å². The van der Waals surface area contributed by atoms with Gasteiger partial charge in [-0.1, -0.05) is 6.07 Å². The van der Waals surface area contributed by atoms with Gasteiger partial charge in [-0.05, 0) is 43.7 Å². The number of amides is 1. The second-order valence-corrected chi connectivity index (χ2v) is 7.05. The van der Waals surface area contributed by atoms with Gasteiger partial charge >= 0.3 is 0 Å². The molecule has 0 aliphatic heterocycles. The van der Waals surface area contributed by atoms with Crippen LogP contribution in [0.1, 0.15) is 23.0 Å². The molecule has 0 aliphatic carbocycles. The highest BCUT2D eigenvalue weighted by Crippen LogP contribution is 2.23. The number of nitrogens with zero attached hydrogens (tertiary/aromatic N) is 1. The zero-order valence-electron chi connectivity index (χ0n) is 12.9. The molecule has 2 atom stereocenters. The molecule has 0 bridgehead atoms. The molecule has 22 heavy (non-hydrogen) atoms. The second kappa shape index (κ2) is 7.76. The summed E-state index contributed by atoms with van der Waals surface area (Å²) in [6, 6.07) is 7.57. The van der Waals surface area contributed by atoms with Gasteiger partial charge in [-0.25, -0.2) is 0 Å². The minimum absolute atomic E-state index is 0.0115. The van der Waals surface area contributed by atoms with Crippen molar-refractivity contribution < 1.29 is 9.90 Å². The van der Waals surface area contributed by atoms with E-state index >= 15 is 0 Å². The van der Waals surface area contributed by atoms with Gasteiger partial charge in [-0.15, -0.1) is 11.3 Å². The van der Waals surface area contributed by atoms with Crippen LogP contribution in [0.4, 0.5) is 0 Å². The molecule has 0 radical (unpaired) electrons. The third kappa shape index (κ3) is 3.88. The monoisotopic (exact) mass is 336 g/mol. The molecule has 0 saturated heterocycles. The zero-order chi connectivity index (χ0) is 16.1. The lowest BCUT2D eigenvalue weighted by atomic mass is 10.1. The number of nitrogens with one attached hydrogen (secondary N) is 1. The molecule has 0 fully saturated rings. The fraction of sp³-hybridized carbons (Fsp3) is 0.375. The first-order valence-corrected chi connectivity index (χ1v) is 9.19. The van der Waals surface area contributed by atoms with E-state index in [1.807, 2.05) is 49.7 Å². The SMILES string of the molecule is CSC(CO)C(C)NC(=O)c1ccc(-c2cccs2)nc1C. The van der Waals surface area contributed by atoms with E-state index in [1.165, 1.54) is 0 Å². The Bertz CT molecular complexity index is 625. The number of thiophene rings is 1. The van der Waals surface area contributed by atoms with Crippen molar-refractivity contribution >= 4 is 29.0 Å². The number of aryl methyl sites for hydroxylation is 1. The summed E-state index contributed by atoms with van der Waals surface area (Å²) in [7, 11) is 0. The normalized spacial score (nSPS) is 13.6. The molecule has 2 rings (SSSR count). The van der Waals surface area contributed by atoms with Crippen LogP contribution in [-0.4, -0.2) is 40.2 Å². The molecule has 2 aromatic rings. The Hall–Kier alpha value is -1.37. The maximum absolute atomic E-state index is 12.4. The van der Waals surface area contributed by atoms with E-state index in [4.69, 9.17) is 0 Å². The van der Waals surface area contributed by atoms with Gasteiger partial charge in [-0.3, -0.25) is 9.78 Å². The number of pyridine rings is 1. The third-order valence-electron chi connectivity index (χ3n) is 3.50. The average Bonchev–Trinajstić information content (AvgIpc) is 3.02. The summed E-state index contributed by atoms with van der Waals surface area (Å²) in [4.78, 5) is 18.0. The average molecular weight is 336 g/mol. The number of carbonyl (C=O) groups excluding carboxylic acids is 1. The van der Waals surface area contributed by atoms with Crippen LogP contribution in [0.15, 0.2) is 29.6 Å². The van der Waals surface area contributed by atoms with Gasteiger partial charge in [0.2, 0.25) is 0 Å². The third-order valence-corrected chi connectivity index (χ3v) is 5.56. The molecule has 0 saturated carbocycles. The van der Waals surface area contributed by atoms with Crippen LogP contribution in [-0.2, 0) is 0 Å². The van der Waals surface area contributed by atoms with Crippen LogP contribution >= 0.6 is 23.1 Å². The smallest absolute Gasteiger partial charge is 0.253 e. The first kappa shape index (κ1) is 17.0. The van der Waals surface area contributed by atoms with Gasteiger partial charge in [0.1, 0.15) is 0 Å². The number of thioether (sulfide) groups is 1. The van der Waals surface area contributed by atoms with Gasteiger partial charge in [0.25, 0.3) is 5.91 Å². The molecule has 4 nitrogen and oxygen atoms in total. The van der Waals surface area contributed by atoms with Gasteiger partial charge in [0.15, 0.2) is 0 Å². The summed E-state index contributed by atoms with van der Waals surface area (Å²) in [6.45, 7) is 3.78. The zero-order valence-corrected chi connectivity index (χ0v) is 14.5. The number of aliphatic hydroxyl groups is 1. The molecule has 118 valence electrons. The number of aromatic nitrogens is 1. The largest absolute Gasteiger partial charge is 0.395 e. The predicted molar refractivity (Wildman–Crippen MR) is 93.6 cm³/mol.